The number of fused-ring (bicyclic) bond motifs is 1. The van der Waals surface area contributed by atoms with Crippen molar-refractivity contribution in [2.75, 3.05) is 6.54 Å². The van der Waals surface area contributed by atoms with Gasteiger partial charge in [-0.25, -0.2) is 0 Å². The van der Waals surface area contributed by atoms with Gasteiger partial charge in [0.2, 0.25) is 0 Å². The highest BCUT2D eigenvalue weighted by atomic mass is 32.2. The van der Waals surface area contributed by atoms with Crippen molar-refractivity contribution in [3.8, 4) is 0 Å². The molecule has 0 aliphatic carbocycles. The normalized spacial score (nSPS) is 17.8. The van der Waals surface area contributed by atoms with E-state index >= 15 is 0 Å². The molecule has 0 fully saturated rings. The summed E-state index contributed by atoms with van der Waals surface area (Å²) in [5.74, 6) is 0.712. The molecule has 13 heavy (non-hydrogen) atoms. The van der Waals surface area contributed by atoms with E-state index in [1.165, 1.54) is 0 Å². The van der Waals surface area contributed by atoms with Gasteiger partial charge in [0, 0.05) is 6.54 Å². The van der Waals surface area contributed by atoms with Crippen LogP contribution in [0, 0.1) is 0 Å². The van der Waals surface area contributed by atoms with Crippen molar-refractivity contribution >= 4 is 25.3 Å². The minimum atomic E-state index is -0.107. The summed E-state index contributed by atoms with van der Waals surface area (Å²) >= 11 is 8.40. The van der Waals surface area contributed by atoms with Crippen LogP contribution in [0.1, 0.15) is 11.3 Å². The number of rotatable bonds is 1. The van der Waals surface area contributed by atoms with Crippen LogP contribution < -0.4 is 5.56 Å². The number of hydrogen-bond donors (Lipinski definition) is 3. The molecule has 0 saturated carbocycles. The highest BCUT2D eigenvalue weighted by molar-refractivity contribution is 7.99. The minimum Gasteiger partial charge on any atom is -0.382 e. The average Bonchev–Trinajstić information content (AvgIpc) is 2.47. The van der Waals surface area contributed by atoms with E-state index in [4.69, 9.17) is 4.52 Å². The van der Waals surface area contributed by atoms with Gasteiger partial charge >= 0.3 is 0 Å². The van der Waals surface area contributed by atoms with Crippen molar-refractivity contribution < 1.29 is 4.52 Å². The van der Waals surface area contributed by atoms with Gasteiger partial charge in [0.1, 0.15) is 0 Å². The largest absolute Gasteiger partial charge is 0.382 e. The summed E-state index contributed by atoms with van der Waals surface area (Å²) < 4.78 is 4.92. The average molecular weight is 218 g/mol. The number of hydrogen-bond acceptors (Lipinski definition) is 5. The predicted octanol–water partition coefficient (Wildman–Crippen LogP) is 0.469. The van der Waals surface area contributed by atoms with Crippen molar-refractivity contribution in [1.29, 1.82) is 0 Å². The van der Waals surface area contributed by atoms with Crippen LogP contribution >= 0.6 is 25.3 Å². The maximum absolute atomic E-state index is 11.1. The lowest BCUT2D eigenvalue weighted by Gasteiger charge is -2.26. The van der Waals surface area contributed by atoms with E-state index < -0.39 is 0 Å². The fourth-order valence-corrected chi connectivity index (χ4v) is 1.85. The first kappa shape index (κ1) is 9.23. The summed E-state index contributed by atoms with van der Waals surface area (Å²) in [7, 11) is 0. The molecular weight excluding hydrogens is 208 g/mol. The standard InChI is InChI=1S/C7H10N2O2S2/c10-6-4-1-2-9(7(12)13)3-5(4)11-8-6/h7,12-13H,1-3H2,(H,8,10). The fraction of sp³-hybridized carbons (Fsp3) is 0.571. The van der Waals surface area contributed by atoms with E-state index in [2.05, 4.69) is 30.4 Å². The van der Waals surface area contributed by atoms with E-state index in [0.717, 1.165) is 12.1 Å². The lowest BCUT2D eigenvalue weighted by molar-refractivity contribution is 0.238. The molecule has 0 spiro atoms. The predicted molar refractivity (Wildman–Crippen MR) is 55.2 cm³/mol. The van der Waals surface area contributed by atoms with Crippen LogP contribution in [0.4, 0.5) is 0 Å². The maximum Gasteiger partial charge on any atom is 0.283 e. The molecule has 1 aromatic rings. The van der Waals surface area contributed by atoms with E-state index in [1.807, 2.05) is 4.90 Å². The topological polar surface area (TPSA) is 49.2 Å². The van der Waals surface area contributed by atoms with Crippen LogP contribution in [0.25, 0.3) is 0 Å². The molecule has 1 aliphatic rings. The number of H-pyrrole nitrogens is 1. The quantitative estimate of drug-likeness (QED) is 0.474. The number of nitrogens with zero attached hydrogens (tertiary/aromatic N) is 1. The van der Waals surface area contributed by atoms with Crippen molar-refractivity contribution in [1.82, 2.24) is 10.1 Å². The summed E-state index contributed by atoms with van der Waals surface area (Å²) in [4.78, 5) is 13.2. The molecule has 1 aliphatic heterocycles. The summed E-state index contributed by atoms with van der Waals surface area (Å²) in [5, 5.41) is 2.33. The second-order valence-corrected chi connectivity index (χ2v) is 4.39. The number of nitrogens with one attached hydrogen (secondary N) is 1. The molecule has 4 nitrogen and oxygen atoms in total. The molecule has 1 aromatic heterocycles. The Balaban J connectivity index is 2.25. The van der Waals surface area contributed by atoms with E-state index in [0.29, 0.717) is 18.7 Å². The van der Waals surface area contributed by atoms with Crippen molar-refractivity contribution in [3.05, 3.63) is 21.7 Å². The number of aromatic amines is 1. The van der Waals surface area contributed by atoms with Gasteiger partial charge in [-0.15, -0.1) is 25.3 Å². The Bertz CT molecular complexity index is 358. The molecule has 0 amide bonds. The van der Waals surface area contributed by atoms with Crippen LogP contribution in [0.15, 0.2) is 9.32 Å². The SMILES string of the molecule is O=c1[nH]oc2c1CCN(C(S)S)C2. The van der Waals surface area contributed by atoms with Crippen LogP contribution in [0.3, 0.4) is 0 Å². The molecule has 0 aromatic carbocycles. The molecular formula is C7H10N2O2S2. The van der Waals surface area contributed by atoms with Gasteiger partial charge in [-0.1, -0.05) is 0 Å². The third kappa shape index (κ3) is 1.66. The van der Waals surface area contributed by atoms with Gasteiger partial charge in [0.15, 0.2) is 5.76 Å². The van der Waals surface area contributed by atoms with Crippen molar-refractivity contribution in [3.63, 3.8) is 0 Å². The number of aromatic nitrogens is 1. The smallest absolute Gasteiger partial charge is 0.283 e. The van der Waals surface area contributed by atoms with Crippen LogP contribution in [-0.2, 0) is 13.0 Å². The molecule has 2 heterocycles. The Hall–Kier alpha value is -0.330. The molecule has 1 N–H and O–H groups in total. The zero-order valence-electron chi connectivity index (χ0n) is 6.86. The zero-order valence-corrected chi connectivity index (χ0v) is 8.65. The van der Waals surface area contributed by atoms with E-state index in [9.17, 15) is 4.79 Å². The molecule has 0 radical (unpaired) electrons. The maximum atomic E-state index is 11.1. The molecule has 0 bridgehead atoms. The first-order valence-electron chi connectivity index (χ1n) is 3.98. The molecule has 6 heteroatoms. The van der Waals surface area contributed by atoms with Gasteiger partial charge in [0.05, 0.1) is 16.8 Å². The summed E-state index contributed by atoms with van der Waals surface area (Å²) in [6.45, 7) is 1.40. The third-order valence-electron chi connectivity index (χ3n) is 2.20. The van der Waals surface area contributed by atoms with Crippen molar-refractivity contribution in [2.24, 2.45) is 0 Å². The molecule has 72 valence electrons. The first-order chi connectivity index (χ1) is 6.18. The lowest BCUT2D eigenvalue weighted by Crippen LogP contribution is -2.34. The van der Waals surface area contributed by atoms with Crippen LogP contribution in [-0.4, -0.2) is 21.3 Å². The second kappa shape index (κ2) is 3.43. The fourth-order valence-electron chi connectivity index (χ4n) is 1.45. The Morgan fingerprint density at radius 2 is 2.31 bits per heavy atom. The highest BCUT2D eigenvalue weighted by Crippen LogP contribution is 2.20. The van der Waals surface area contributed by atoms with Crippen LogP contribution in [0.5, 0.6) is 0 Å². The highest BCUT2D eigenvalue weighted by Gasteiger charge is 2.24. The van der Waals surface area contributed by atoms with Gasteiger partial charge in [0.25, 0.3) is 5.56 Å². The van der Waals surface area contributed by atoms with Gasteiger partial charge in [-0.05, 0) is 6.42 Å². The summed E-state index contributed by atoms with van der Waals surface area (Å²) in [6.07, 6.45) is 0.707. The molecule has 0 unspecified atom stereocenters. The summed E-state index contributed by atoms with van der Waals surface area (Å²) in [5.41, 5.74) is 0.656. The lowest BCUT2D eigenvalue weighted by atomic mass is 10.1. The Kier molecular flexibility index (Phi) is 2.44. The molecule has 2 rings (SSSR count). The van der Waals surface area contributed by atoms with Gasteiger partial charge in [-0.3, -0.25) is 9.69 Å². The number of thiol groups is 2. The minimum absolute atomic E-state index is 0.103. The zero-order chi connectivity index (χ0) is 9.42. The Labute approximate surface area is 86.1 Å². The molecule has 0 atom stereocenters. The Morgan fingerprint density at radius 3 is 3.00 bits per heavy atom. The second-order valence-electron chi connectivity index (χ2n) is 3.00. The van der Waals surface area contributed by atoms with Gasteiger partial charge < -0.3 is 4.52 Å². The van der Waals surface area contributed by atoms with Crippen molar-refractivity contribution in [2.45, 2.75) is 17.7 Å². The monoisotopic (exact) mass is 218 g/mol. The molecule has 0 saturated heterocycles. The summed E-state index contributed by atoms with van der Waals surface area (Å²) in [6, 6.07) is 0. The van der Waals surface area contributed by atoms with Gasteiger partial charge in [-0.2, -0.15) is 5.16 Å². The Morgan fingerprint density at radius 1 is 1.54 bits per heavy atom. The van der Waals surface area contributed by atoms with E-state index in [1.54, 1.807) is 0 Å². The van der Waals surface area contributed by atoms with Crippen LogP contribution in [0.2, 0.25) is 0 Å². The third-order valence-corrected chi connectivity index (χ3v) is 2.85. The van der Waals surface area contributed by atoms with E-state index in [-0.39, 0.29) is 10.3 Å². The first-order valence-corrected chi connectivity index (χ1v) is 5.01.